The molecular formula is C24H28N4O2S. The standard InChI is InChI=1S/C24H28N4O2S/c1-4-12-28(15-24(30)27-21-11-6-5-8-17(21)2)14-23(29)26-20-10-7-9-19(13-20)22-16-31-18(3)25-22/h5-11,13,16H,4,12,14-15H2,1-3H3,(H,26,29)(H,27,30). The molecule has 3 aromatic rings. The number of nitrogens with one attached hydrogen (secondary N) is 2. The molecule has 1 aromatic heterocycles. The van der Waals surface area contributed by atoms with E-state index >= 15 is 0 Å². The number of aryl methyl sites for hydroxylation is 2. The number of carbonyl (C=O) groups excluding carboxylic acids is 2. The molecule has 0 aliphatic heterocycles. The number of anilines is 2. The van der Waals surface area contributed by atoms with Crippen LogP contribution in [0.3, 0.4) is 0 Å². The highest BCUT2D eigenvalue weighted by Crippen LogP contribution is 2.24. The van der Waals surface area contributed by atoms with Crippen LogP contribution in [0.25, 0.3) is 11.3 Å². The van der Waals surface area contributed by atoms with Gasteiger partial charge in [0.15, 0.2) is 0 Å². The highest BCUT2D eigenvalue weighted by atomic mass is 32.1. The molecule has 3 rings (SSSR count). The largest absolute Gasteiger partial charge is 0.325 e. The van der Waals surface area contributed by atoms with E-state index in [1.807, 2.05) is 79.6 Å². The lowest BCUT2D eigenvalue weighted by Gasteiger charge is -2.21. The summed E-state index contributed by atoms with van der Waals surface area (Å²) in [6, 6.07) is 15.3. The zero-order chi connectivity index (χ0) is 22.2. The number of hydrogen-bond acceptors (Lipinski definition) is 5. The van der Waals surface area contributed by atoms with Crippen LogP contribution in [0.5, 0.6) is 0 Å². The highest BCUT2D eigenvalue weighted by molar-refractivity contribution is 7.09. The number of rotatable bonds is 9. The Bertz CT molecular complexity index is 1050. The smallest absolute Gasteiger partial charge is 0.238 e. The Kier molecular flexibility index (Phi) is 7.92. The molecule has 6 nitrogen and oxygen atoms in total. The van der Waals surface area contributed by atoms with Crippen LogP contribution < -0.4 is 10.6 Å². The van der Waals surface area contributed by atoms with Gasteiger partial charge >= 0.3 is 0 Å². The van der Waals surface area contributed by atoms with Crippen molar-refractivity contribution in [3.8, 4) is 11.3 Å². The monoisotopic (exact) mass is 436 g/mol. The van der Waals surface area contributed by atoms with Crippen LogP contribution in [0.2, 0.25) is 0 Å². The number of nitrogens with zero attached hydrogens (tertiary/aromatic N) is 2. The third-order valence-electron chi connectivity index (χ3n) is 4.75. The molecule has 2 aromatic carbocycles. The van der Waals surface area contributed by atoms with Crippen molar-refractivity contribution in [2.24, 2.45) is 0 Å². The molecule has 0 fully saturated rings. The predicted octanol–water partition coefficient (Wildman–Crippen LogP) is 4.72. The number of aromatic nitrogens is 1. The van der Waals surface area contributed by atoms with Crippen molar-refractivity contribution < 1.29 is 9.59 Å². The Morgan fingerprint density at radius 1 is 1.00 bits per heavy atom. The number of benzene rings is 2. The number of hydrogen-bond donors (Lipinski definition) is 2. The zero-order valence-electron chi connectivity index (χ0n) is 18.1. The first-order valence-electron chi connectivity index (χ1n) is 10.3. The quantitative estimate of drug-likeness (QED) is 0.509. The van der Waals surface area contributed by atoms with Crippen LogP contribution in [-0.4, -0.2) is 41.3 Å². The molecule has 31 heavy (non-hydrogen) atoms. The van der Waals surface area contributed by atoms with Crippen LogP contribution in [0, 0.1) is 13.8 Å². The van der Waals surface area contributed by atoms with Crippen molar-refractivity contribution in [1.82, 2.24) is 9.88 Å². The van der Waals surface area contributed by atoms with Crippen molar-refractivity contribution in [3.05, 3.63) is 64.5 Å². The summed E-state index contributed by atoms with van der Waals surface area (Å²) in [7, 11) is 0. The van der Waals surface area contributed by atoms with Gasteiger partial charge in [0.1, 0.15) is 0 Å². The van der Waals surface area contributed by atoms with Crippen molar-refractivity contribution in [2.45, 2.75) is 27.2 Å². The summed E-state index contributed by atoms with van der Waals surface area (Å²) in [5.41, 5.74) is 4.38. The van der Waals surface area contributed by atoms with E-state index in [0.717, 1.165) is 33.9 Å². The van der Waals surface area contributed by atoms with Gasteiger partial charge in [-0.15, -0.1) is 11.3 Å². The highest BCUT2D eigenvalue weighted by Gasteiger charge is 2.15. The minimum absolute atomic E-state index is 0.128. The molecule has 0 spiro atoms. The first-order valence-corrected chi connectivity index (χ1v) is 11.2. The molecular weight excluding hydrogens is 408 g/mol. The summed E-state index contributed by atoms with van der Waals surface area (Å²) in [5, 5.41) is 8.88. The van der Waals surface area contributed by atoms with Gasteiger partial charge in [-0.05, 0) is 50.6 Å². The number of thiazole rings is 1. The molecule has 0 radical (unpaired) electrons. The summed E-state index contributed by atoms with van der Waals surface area (Å²) >= 11 is 1.60. The van der Waals surface area contributed by atoms with Crippen LogP contribution in [0.4, 0.5) is 11.4 Å². The van der Waals surface area contributed by atoms with Gasteiger partial charge < -0.3 is 10.6 Å². The van der Waals surface area contributed by atoms with Crippen molar-refractivity contribution >= 4 is 34.5 Å². The minimum Gasteiger partial charge on any atom is -0.325 e. The van der Waals surface area contributed by atoms with Gasteiger partial charge in [-0.3, -0.25) is 14.5 Å². The second kappa shape index (κ2) is 10.8. The Hall–Kier alpha value is -3.03. The first-order chi connectivity index (χ1) is 14.9. The maximum atomic E-state index is 12.6. The Morgan fingerprint density at radius 2 is 1.74 bits per heavy atom. The lowest BCUT2D eigenvalue weighted by Crippen LogP contribution is -2.39. The van der Waals surface area contributed by atoms with Crippen molar-refractivity contribution in [2.75, 3.05) is 30.3 Å². The molecule has 0 saturated carbocycles. The molecule has 1 heterocycles. The Morgan fingerprint density at radius 3 is 2.42 bits per heavy atom. The summed E-state index contributed by atoms with van der Waals surface area (Å²) in [6.45, 7) is 6.92. The van der Waals surface area contributed by atoms with Gasteiger partial charge in [-0.2, -0.15) is 0 Å². The van der Waals surface area contributed by atoms with Gasteiger partial charge in [0, 0.05) is 22.3 Å². The average molecular weight is 437 g/mol. The minimum atomic E-state index is -0.149. The van der Waals surface area contributed by atoms with Gasteiger partial charge in [0.2, 0.25) is 11.8 Å². The fourth-order valence-corrected chi connectivity index (χ4v) is 3.91. The molecule has 2 amide bonds. The molecule has 2 N–H and O–H groups in total. The second-order valence-corrected chi connectivity index (χ2v) is 8.52. The van der Waals surface area contributed by atoms with Gasteiger partial charge in [0.05, 0.1) is 23.8 Å². The molecule has 0 aliphatic carbocycles. The normalized spacial score (nSPS) is 10.8. The van der Waals surface area contributed by atoms with E-state index in [2.05, 4.69) is 15.6 Å². The topological polar surface area (TPSA) is 74.3 Å². The van der Waals surface area contributed by atoms with Gasteiger partial charge in [-0.1, -0.05) is 37.3 Å². The molecule has 0 aliphatic rings. The van der Waals surface area contributed by atoms with E-state index in [-0.39, 0.29) is 24.9 Å². The van der Waals surface area contributed by atoms with E-state index in [1.54, 1.807) is 11.3 Å². The van der Waals surface area contributed by atoms with Crippen LogP contribution in [0.15, 0.2) is 53.9 Å². The number of para-hydroxylation sites is 1. The molecule has 7 heteroatoms. The maximum absolute atomic E-state index is 12.6. The van der Waals surface area contributed by atoms with Crippen LogP contribution in [0.1, 0.15) is 23.9 Å². The third-order valence-corrected chi connectivity index (χ3v) is 5.53. The summed E-state index contributed by atoms with van der Waals surface area (Å²) in [4.78, 5) is 31.5. The lowest BCUT2D eigenvalue weighted by molar-refractivity contribution is -0.120. The fraction of sp³-hybridized carbons (Fsp3) is 0.292. The molecule has 0 saturated heterocycles. The molecule has 0 bridgehead atoms. The molecule has 0 atom stereocenters. The van der Waals surface area contributed by atoms with Gasteiger partial charge in [0.25, 0.3) is 0 Å². The fourth-order valence-electron chi connectivity index (χ4n) is 3.29. The maximum Gasteiger partial charge on any atom is 0.238 e. The van der Waals surface area contributed by atoms with E-state index in [1.165, 1.54) is 0 Å². The molecule has 0 unspecified atom stereocenters. The summed E-state index contributed by atoms with van der Waals surface area (Å²) < 4.78 is 0. The lowest BCUT2D eigenvalue weighted by atomic mass is 10.1. The van der Waals surface area contributed by atoms with E-state index < -0.39 is 0 Å². The summed E-state index contributed by atoms with van der Waals surface area (Å²) in [6.07, 6.45) is 0.851. The third kappa shape index (κ3) is 6.73. The van der Waals surface area contributed by atoms with Crippen LogP contribution >= 0.6 is 11.3 Å². The van der Waals surface area contributed by atoms with Gasteiger partial charge in [-0.25, -0.2) is 4.98 Å². The van der Waals surface area contributed by atoms with E-state index in [9.17, 15) is 9.59 Å². The van der Waals surface area contributed by atoms with Crippen molar-refractivity contribution in [1.29, 1.82) is 0 Å². The number of carbonyl (C=O) groups is 2. The SMILES string of the molecule is CCCN(CC(=O)Nc1cccc(-c2csc(C)n2)c1)CC(=O)Nc1ccccc1C. The van der Waals surface area contributed by atoms with E-state index in [4.69, 9.17) is 0 Å². The second-order valence-electron chi connectivity index (χ2n) is 7.45. The first kappa shape index (κ1) is 22.7. The molecule has 162 valence electrons. The Balaban J connectivity index is 1.59. The zero-order valence-corrected chi connectivity index (χ0v) is 19.0. The van der Waals surface area contributed by atoms with E-state index in [0.29, 0.717) is 12.2 Å². The predicted molar refractivity (Wildman–Crippen MR) is 127 cm³/mol. The summed E-state index contributed by atoms with van der Waals surface area (Å²) in [5.74, 6) is -0.278. The average Bonchev–Trinajstić information content (AvgIpc) is 3.16. The number of amides is 2. The van der Waals surface area contributed by atoms with Crippen LogP contribution in [-0.2, 0) is 9.59 Å². The Labute approximate surface area is 187 Å². The van der Waals surface area contributed by atoms with Crippen molar-refractivity contribution in [3.63, 3.8) is 0 Å².